The predicted molar refractivity (Wildman–Crippen MR) is 113 cm³/mol. The summed E-state index contributed by atoms with van der Waals surface area (Å²) in [6.07, 6.45) is 1.28. The van der Waals surface area contributed by atoms with Crippen molar-refractivity contribution in [2.45, 2.75) is 57.5 Å². The van der Waals surface area contributed by atoms with E-state index in [0.29, 0.717) is 44.2 Å². The molecule has 1 aromatic rings. The van der Waals surface area contributed by atoms with Gasteiger partial charge in [-0.1, -0.05) is 0 Å². The number of rotatable bonds is 6. The smallest absolute Gasteiger partial charge is 0.247 e. The summed E-state index contributed by atoms with van der Waals surface area (Å²) in [6, 6.07) is 2.89. The number of amides is 1. The zero-order chi connectivity index (χ0) is 20.5. The second-order valence-electron chi connectivity index (χ2n) is 7.57. The summed E-state index contributed by atoms with van der Waals surface area (Å²) >= 11 is 1.71. The van der Waals surface area contributed by atoms with E-state index in [9.17, 15) is 13.2 Å². The fourth-order valence-electron chi connectivity index (χ4n) is 3.90. The maximum absolute atomic E-state index is 13.6. The molecule has 0 spiro atoms. The third-order valence-electron chi connectivity index (χ3n) is 5.35. The lowest BCUT2D eigenvalue weighted by Crippen LogP contribution is -2.47. The number of nitrogens with zero attached hydrogens (tertiary/aromatic N) is 4. The molecule has 1 aromatic heterocycles. The Kier molecular flexibility index (Phi) is 6.56. The van der Waals surface area contributed by atoms with Crippen molar-refractivity contribution in [1.82, 2.24) is 14.2 Å². The van der Waals surface area contributed by atoms with E-state index in [1.165, 1.54) is 4.31 Å². The first-order valence-corrected chi connectivity index (χ1v) is 12.5. The van der Waals surface area contributed by atoms with Gasteiger partial charge < -0.3 is 9.80 Å². The van der Waals surface area contributed by atoms with Crippen LogP contribution in [-0.2, 0) is 14.8 Å². The average Bonchev–Trinajstić information content (AvgIpc) is 3.33. The summed E-state index contributed by atoms with van der Waals surface area (Å²) in [6.45, 7) is 9.64. The molecule has 0 saturated carbocycles. The molecule has 1 atom stereocenters. The second-order valence-corrected chi connectivity index (χ2v) is 10.5. The van der Waals surface area contributed by atoms with Crippen LogP contribution >= 0.6 is 11.8 Å². The highest BCUT2D eigenvalue weighted by Gasteiger charge is 2.43. The lowest BCUT2D eigenvalue weighted by molar-refractivity contribution is -0.133. The summed E-state index contributed by atoms with van der Waals surface area (Å²) in [5.41, 5.74) is 0.774. The minimum absolute atomic E-state index is 0.0658. The van der Waals surface area contributed by atoms with Gasteiger partial charge in [-0.3, -0.25) is 4.79 Å². The third kappa shape index (κ3) is 4.02. The number of aromatic nitrogens is 1. The van der Waals surface area contributed by atoms with Crippen LogP contribution in [0.5, 0.6) is 0 Å². The van der Waals surface area contributed by atoms with Crippen LogP contribution in [0.25, 0.3) is 0 Å². The van der Waals surface area contributed by atoms with Gasteiger partial charge in [-0.2, -0.15) is 4.31 Å². The molecule has 3 heterocycles. The van der Waals surface area contributed by atoms with Gasteiger partial charge in [-0.15, -0.1) is 11.8 Å². The van der Waals surface area contributed by atoms with Gasteiger partial charge in [0.15, 0.2) is 0 Å². The predicted octanol–water partition coefficient (Wildman–Crippen LogP) is 2.31. The molecule has 1 amide bonds. The number of hydrogen-bond donors (Lipinski definition) is 0. The van der Waals surface area contributed by atoms with Crippen molar-refractivity contribution in [2.75, 3.05) is 36.2 Å². The van der Waals surface area contributed by atoms with Crippen LogP contribution in [0.3, 0.4) is 0 Å². The molecule has 2 fully saturated rings. The van der Waals surface area contributed by atoms with E-state index in [2.05, 4.69) is 4.98 Å². The van der Waals surface area contributed by atoms with Gasteiger partial charge in [-0.25, -0.2) is 13.4 Å². The Hall–Kier alpha value is -1.32. The lowest BCUT2D eigenvalue weighted by atomic mass is 10.2. The zero-order valence-corrected chi connectivity index (χ0v) is 18.7. The highest BCUT2D eigenvalue weighted by Crippen LogP contribution is 2.33. The van der Waals surface area contributed by atoms with Crippen molar-refractivity contribution in [3.63, 3.8) is 0 Å². The van der Waals surface area contributed by atoms with E-state index >= 15 is 0 Å². The summed E-state index contributed by atoms with van der Waals surface area (Å²) < 4.78 is 28.7. The SMILES string of the molecule is CCN(c1nc(C)ccc1S(=O)(=O)N1CCC[C@H]1C(=O)N1CCSC1)C(C)C. The normalized spacial score (nSPS) is 20.9. The maximum Gasteiger partial charge on any atom is 0.247 e. The van der Waals surface area contributed by atoms with E-state index in [4.69, 9.17) is 0 Å². The summed E-state index contributed by atoms with van der Waals surface area (Å²) in [7, 11) is -3.82. The Morgan fingerprint density at radius 1 is 1.36 bits per heavy atom. The van der Waals surface area contributed by atoms with Crippen molar-refractivity contribution in [1.29, 1.82) is 0 Å². The quantitative estimate of drug-likeness (QED) is 0.695. The molecular weight excluding hydrogens is 396 g/mol. The molecule has 2 aliphatic rings. The van der Waals surface area contributed by atoms with Gasteiger partial charge in [0, 0.05) is 37.1 Å². The van der Waals surface area contributed by atoms with Crippen LogP contribution in [0.2, 0.25) is 0 Å². The molecular formula is C19H30N4O3S2. The van der Waals surface area contributed by atoms with Crippen molar-refractivity contribution >= 4 is 33.5 Å². The monoisotopic (exact) mass is 426 g/mol. The number of thioether (sulfide) groups is 1. The molecule has 3 rings (SSSR count). The van der Waals surface area contributed by atoms with Crippen molar-refractivity contribution in [3.8, 4) is 0 Å². The van der Waals surface area contributed by atoms with Gasteiger partial charge in [-0.05, 0) is 52.7 Å². The molecule has 0 radical (unpaired) electrons. The number of carbonyl (C=O) groups excluding carboxylic acids is 1. The number of anilines is 1. The van der Waals surface area contributed by atoms with Gasteiger partial charge in [0.2, 0.25) is 15.9 Å². The minimum atomic E-state index is -3.82. The van der Waals surface area contributed by atoms with Crippen molar-refractivity contribution in [3.05, 3.63) is 17.8 Å². The standard InChI is InChI=1S/C19H30N4O3S2/c1-5-22(14(2)3)18-17(9-8-15(4)20-18)28(25,26)23-10-6-7-16(23)19(24)21-11-12-27-13-21/h8-9,14,16H,5-7,10-13H2,1-4H3/t16-/m0/s1. The van der Waals surface area contributed by atoms with Crippen LogP contribution < -0.4 is 4.90 Å². The van der Waals surface area contributed by atoms with Crippen LogP contribution in [0.15, 0.2) is 17.0 Å². The lowest BCUT2D eigenvalue weighted by Gasteiger charge is -2.31. The summed E-state index contributed by atoms with van der Waals surface area (Å²) in [4.78, 5) is 21.5. The molecule has 2 saturated heterocycles. The Morgan fingerprint density at radius 2 is 2.11 bits per heavy atom. The highest BCUT2D eigenvalue weighted by atomic mass is 32.2. The Morgan fingerprint density at radius 3 is 2.71 bits per heavy atom. The van der Waals surface area contributed by atoms with E-state index in [1.54, 1.807) is 28.8 Å². The first-order valence-electron chi connectivity index (χ1n) is 9.90. The van der Waals surface area contributed by atoms with Gasteiger partial charge >= 0.3 is 0 Å². The Labute approximate surface area is 172 Å². The fourth-order valence-corrected chi connectivity index (χ4v) is 6.64. The topological polar surface area (TPSA) is 73.8 Å². The molecule has 7 nitrogen and oxygen atoms in total. The summed E-state index contributed by atoms with van der Waals surface area (Å²) in [5.74, 6) is 1.98. The third-order valence-corrected chi connectivity index (χ3v) is 8.25. The Bertz CT molecular complexity index is 822. The zero-order valence-electron chi connectivity index (χ0n) is 17.1. The van der Waals surface area contributed by atoms with Crippen LogP contribution in [0, 0.1) is 6.92 Å². The number of sulfonamides is 1. The van der Waals surface area contributed by atoms with Gasteiger partial charge in [0.05, 0.1) is 5.88 Å². The molecule has 0 bridgehead atoms. The van der Waals surface area contributed by atoms with Crippen LogP contribution in [-0.4, -0.2) is 71.9 Å². The Balaban J connectivity index is 1.99. The van der Waals surface area contributed by atoms with E-state index in [-0.39, 0.29) is 16.8 Å². The molecule has 0 unspecified atom stereocenters. The molecule has 0 aromatic carbocycles. The number of hydrogen-bond acceptors (Lipinski definition) is 6. The number of carbonyl (C=O) groups is 1. The summed E-state index contributed by atoms with van der Waals surface area (Å²) in [5, 5.41) is 0. The molecule has 0 aliphatic carbocycles. The number of pyridine rings is 1. The fraction of sp³-hybridized carbons (Fsp3) is 0.684. The van der Waals surface area contributed by atoms with E-state index in [0.717, 1.165) is 11.4 Å². The van der Waals surface area contributed by atoms with Gasteiger partial charge in [0.1, 0.15) is 16.8 Å². The second kappa shape index (κ2) is 8.59. The first-order chi connectivity index (χ1) is 13.3. The largest absolute Gasteiger partial charge is 0.353 e. The first kappa shape index (κ1) is 21.4. The van der Waals surface area contributed by atoms with Gasteiger partial charge in [0.25, 0.3) is 0 Å². The maximum atomic E-state index is 13.6. The highest BCUT2D eigenvalue weighted by molar-refractivity contribution is 7.99. The molecule has 2 aliphatic heterocycles. The molecule has 28 heavy (non-hydrogen) atoms. The minimum Gasteiger partial charge on any atom is -0.353 e. The van der Waals surface area contributed by atoms with E-state index < -0.39 is 16.1 Å². The van der Waals surface area contributed by atoms with Crippen molar-refractivity contribution < 1.29 is 13.2 Å². The van der Waals surface area contributed by atoms with Crippen molar-refractivity contribution in [2.24, 2.45) is 0 Å². The molecule has 156 valence electrons. The average molecular weight is 427 g/mol. The molecule has 9 heteroatoms. The van der Waals surface area contributed by atoms with Crippen LogP contribution in [0.1, 0.15) is 39.3 Å². The molecule has 0 N–H and O–H groups in total. The number of aryl methyl sites for hydroxylation is 1. The van der Waals surface area contributed by atoms with E-state index in [1.807, 2.05) is 32.6 Å². The van der Waals surface area contributed by atoms with Crippen LogP contribution in [0.4, 0.5) is 5.82 Å².